The van der Waals surface area contributed by atoms with E-state index in [1.807, 2.05) is 17.5 Å². The Morgan fingerprint density at radius 2 is 2.13 bits per heavy atom. The summed E-state index contributed by atoms with van der Waals surface area (Å²) in [5.41, 5.74) is 0.518. The Labute approximate surface area is 91.2 Å². The van der Waals surface area contributed by atoms with Gasteiger partial charge < -0.3 is 9.47 Å². The fourth-order valence-electron chi connectivity index (χ4n) is 1.44. The molecule has 0 unspecified atom stereocenters. The lowest BCUT2D eigenvalue weighted by Crippen LogP contribution is -2.01. The number of benzene rings is 1. The molecule has 0 N–H and O–H groups in total. The van der Waals surface area contributed by atoms with Gasteiger partial charge in [-0.2, -0.15) is 0 Å². The third-order valence-electron chi connectivity index (χ3n) is 2.17. The summed E-state index contributed by atoms with van der Waals surface area (Å²) in [4.78, 5) is 11.4. The van der Waals surface area contributed by atoms with Crippen molar-refractivity contribution in [1.82, 2.24) is 0 Å². The third-order valence-corrected chi connectivity index (χ3v) is 3.04. The highest BCUT2D eigenvalue weighted by Crippen LogP contribution is 2.31. The molecule has 0 aliphatic carbocycles. The predicted molar refractivity (Wildman–Crippen MR) is 59.7 cm³/mol. The average Bonchev–Trinajstić information content (AvgIpc) is 2.74. The van der Waals surface area contributed by atoms with Crippen LogP contribution in [-0.4, -0.2) is 20.2 Å². The molecule has 0 saturated heterocycles. The second kappa shape index (κ2) is 3.90. The SMILES string of the molecule is COC(=O)c1cc(OC)c2ccsc2c1. The van der Waals surface area contributed by atoms with Crippen LogP contribution in [0.5, 0.6) is 5.75 Å². The van der Waals surface area contributed by atoms with E-state index in [1.54, 1.807) is 24.5 Å². The summed E-state index contributed by atoms with van der Waals surface area (Å²) < 4.78 is 10.9. The molecule has 1 aromatic heterocycles. The Morgan fingerprint density at radius 1 is 1.33 bits per heavy atom. The Morgan fingerprint density at radius 3 is 2.80 bits per heavy atom. The average molecular weight is 222 g/mol. The van der Waals surface area contributed by atoms with Crippen molar-refractivity contribution in [1.29, 1.82) is 0 Å². The molecule has 78 valence electrons. The largest absolute Gasteiger partial charge is 0.496 e. The highest BCUT2D eigenvalue weighted by atomic mass is 32.1. The molecule has 1 heterocycles. The topological polar surface area (TPSA) is 35.5 Å². The summed E-state index contributed by atoms with van der Waals surface area (Å²) in [6.07, 6.45) is 0. The molecular formula is C11H10O3S. The van der Waals surface area contributed by atoms with Crippen LogP contribution in [0, 0.1) is 0 Å². The number of methoxy groups -OCH3 is 2. The van der Waals surface area contributed by atoms with Crippen molar-refractivity contribution in [3.8, 4) is 5.75 Å². The first-order chi connectivity index (χ1) is 7.26. The van der Waals surface area contributed by atoms with E-state index < -0.39 is 0 Å². The maximum atomic E-state index is 11.4. The minimum atomic E-state index is -0.344. The first kappa shape index (κ1) is 9.98. The zero-order valence-corrected chi connectivity index (χ0v) is 9.26. The van der Waals surface area contributed by atoms with Crippen LogP contribution in [0.15, 0.2) is 23.6 Å². The quantitative estimate of drug-likeness (QED) is 0.733. The van der Waals surface area contributed by atoms with E-state index in [-0.39, 0.29) is 5.97 Å². The van der Waals surface area contributed by atoms with E-state index in [2.05, 4.69) is 4.74 Å². The zero-order valence-electron chi connectivity index (χ0n) is 8.44. The standard InChI is InChI=1S/C11H10O3S/c1-13-9-5-7(11(12)14-2)6-10-8(9)3-4-15-10/h3-6H,1-2H3. The first-order valence-electron chi connectivity index (χ1n) is 4.40. The minimum Gasteiger partial charge on any atom is -0.496 e. The number of ether oxygens (including phenoxy) is 2. The molecule has 1 aromatic carbocycles. The molecule has 0 atom stereocenters. The van der Waals surface area contributed by atoms with Gasteiger partial charge in [-0.25, -0.2) is 4.79 Å². The summed E-state index contributed by atoms with van der Waals surface area (Å²) in [7, 11) is 2.96. The maximum Gasteiger partial charge on any atom is 0.338 e. The number of carbonyl (C=O) groups excluding carboxylic acids is 1. The van der Waals surface area contributed by atoms with E-state index in [1.165, 1.54) is 7.11 Å². The first-order valence-corrected chi connectivity index (χ1v) is 5.28. The van der Waals surface area contributed by atoms with E-state index in [4.69, 9.17) is 4.74 Å². The van der Waals surface area contributed by atoms with Gasteiger partial charge in [-0.15, -0.1) is 11.3 Å². The van der Waals surface area contributed by atoms with Crippen LogP contribution in [0.4, 0.5) is 0 Å². The molecule has 0 aliphatic heterocycles. The maximum absolute atomic E-state index is 11.4. The van der Waals surface area contributed by atoms with Crippen molar-refractivity contribution in [3.63, 3.8) is 0 Å². The molecule has 0 amide bonds. The number of esters is 1. The lowest BCUT2D eigenvalue weighted by Gasteiger charge is -2.04. The molecule has 4 heteroatoms. The van der Waals surface area contributed by atoms with Gasteiger partial charge >= 0.3 is 5.97 Å². The van der Waals surface area contributed by atoms with E-state index in [0.717, 1.165) is 10.1 Å². The molecule has 15 heavy (non-hydrogen) atoms. The molecule has 2 aromatic rings. The third kappa shape index (κ3) is 1.68. The van der Waals surface area contributed by atoms with Crippen molar-refractivity contribution in [3.05, 3.63) is 29.1 Å². The highest BCUT2D eigenvalue weighted by Gasteiger charge is 2.11. The number of carbonyl (C=O) groups is 1. The Balaban J connectivity index is 2.63. The molecule has 0 radical (unpaired) electrons. The van der Waals surface area contributed by atoms with E-state index >= 15 is 0 Å². The van der Waals surface area contributed by atoms with Crippen molar-refractivity contribution < 1.29 is 14.3 Å². The summed E-state index contributed by atoms with van der Waals surface area (Å²) in [6.45, 7) is 0. The summed E-state index contributed by atoms with van der Waals surface area (Å²) in [5.74, 6) is 0.359. The van der Waals surface area contributed by atoms with Gasteiger partial charge in [0.05, 0.1) is 19.8 Å². The van der Waals surface area contributed by atoms with Gasteiger partial charge in [-0.1, -0.05) is 0 Å². The van der Waals surface area contributed by atoms with Crippen LogP contribution in [-0.2, 0) is 4.74 Å². The molecular weight excluding hydrogens is 212 g/mol. The van der Waals surface area contributed by atoms with Gasteiger partial charge in [-0.05, 0) is 23.6 Å². The second-order valence-electron chi connectivity index (χ2n) is 3.00. The second-order valence-corrected chi connectivity index (χ2v) is 3.95. The van der Waals surface area contributed by atoms with E-state index in [0.29, 0.717) is 11.3 Å². The molecule has 0 fully saturated rings. The van der Waals surface area contributed by atoms with Gasteiger partial charge in [0.25, 0.3) is 0 Å². The van der Waals surface area contributed by atoms with E-state index in [9.17, 15) is 4.79 Å². The number of hydrogen-bond acceptors (Lipinski definition) is 4. The lowest BCUT2D eigenvalue weighted by molar-refractivity contribution is 0.0600. The van der Waals surface area contributed by atoms with Crippen LogP contribution >= 0.6 is 11.3 Å². The zero-order chi connectivity index (χ0) is 10.8. The van der Waals surface area contributed by atoms with Gasteiger partial charge in [0, 0.05) is 10.1 Å². The van der Waals surface area contributed by atoms with Gasteiger partial charge in [-0.3, -0.25) is 0 Å². The van der Waals surface area contributed by atoms with Crippen molar-refractivity contribution in [2.45, 2.75) is 0 Å². The molecule has 0 saturated carbocycles. The van der Waals surface area contributed by atoms with Gasteiger partial charge in [0.15, 0.2) is 0 Å². The number of thiophene rings is 1. The Bertz CT molecular complexity index is 502. The number of rotatable bonds is 2. The fourth-order valence-corrected chi connectivity index (χ4v) is 2.28. The molecule has 2 rings (SSSR count). The van der Waals surface area contributed by atoms with Crippen molar-refractivity contribution >= 4 is 27.4 Å². The lowest BCUT2D eigenvalue weighted by atomic mass is 10.1. The summed E-state index contributed by atoms with van der Waals surface area (Å²) in [5, 5.41) is 2.99. The summed E-state index contributed by atoms with van der Waals surface area (Å²) in [6, 6.07) is 5.48. The van der Waals surface area contributed by atoms with Crippen molar-refractivity contribution in [2.75, 3.05) is 14.2 Å². The normalized spacial score (nSPS) is 10.3. The Hall–Kier alpha value is -1.55. The number of fused-ring (bicyclic) bond motifs is 1. The molecule has 0 bridgehead atoms. The van der Waals surface area contributed by atoms with Crippen LogP contribution in [0.2, 0.25) is 0 Å². The number of hydrogen-bond donors (Lipinski definition) is 0. The fraction of sp³-hybridized carbons (Fsp3) is 0.182. The van der Waals surface area contributed by atoms with Crippen LogP contribution in [0.1, 0.15) is 10.4 Å². The van der Waals surface area contributed by atoms with Gasteiger partial charge in [0.1, 0.15) is 5.75 Å². The van der Waals surface area contributed by atoms with Gasteiger partial charge in [0.2, 0.25) is 0 Å². The molecule has 0 aliphatic rings. The highest BCUT2D eigenvalue weighted by molar-refractivity contribution is 7.17. The predicted octanol–water partition coefficient (Wildman–Crippen LogP) is 2.70. The summed E-state index contributed by atoms with van der Waals surface area (Å²) >= 11 is 1.57. The van der Waals surface area contributed by atoms with Crippen LogP contribution < -0.4 is 4.74 Å². The van der Waals surface area contributed by atoms with Crippen LogP contribution in [0.3, 0.4) is 0 Å². The molecule has 0 spiro atoms. The van der Waals surface area contributed by atoms with Crippen molar-refractivity contribution in [2.24, 2.45) is 0 Å². The minimum absolute atomic E-state index is 0.344. The monoisotopic (exact) mass is 222 g/mol. The Kier molecular flexibility index (Phi) is 2.60. The van der Waals surface area contributed by atoms with Crippen LogP contribution in [0.25, 0.3) is 10.1 Å². The smallest absolute Gasteiger partial charge is 0.338 e. The molecule has 3 nitrogen and oxygen atoms in total.